The molecular weight excluding hydrogens is 242 g/mol. The molecular formula is C9H9BrClF. The average Bonchev–Trinajstić information content (AvgIpc) is 1.83. The van der Waals surface area contributed by atoms with Gasteiger partial charge in [0.25, 0.3) is 0 Å². The number of hydrogen-bond acceptors (Lipinski definition) is 0. The molecule has 0 amide bonds. The summed E-state index contributed by atoms with van der Waals surface area (Å²) < 4.78 is 14.3. The van der Waals surface area contributed by atoms with Gasteiger partial charge in [-0.15, -0.1) is 0 Å². The van der Waals surface area contributed by atoms with Crippen LogP contribution in [-0.4, -0.2) is 0 Å². The van der Waals surface area contributed by atoms with E-state index in [0.717, 1.165) is 4.47 Å². The first-order valence-electron chi connectivity index (χ1n) is 3.55. The van der Waals surface area contributed by atoms with Crippen LogP contribution in [0.4, 0.5) is 4.39 Å². The summed E-state index contributed by atoms with van der Waals surface area (Å²) in [5, 5.41) is 0.455. The number of rotatable bonds is 1. The molecule has 1 rings (SSSR count). The summed E-state index contributed by atoms with van der Waals surface area (Å²) >= 11 is 9.10. The highest BCUT2D eigenvalue weighted by atomic mass is 79.9. The second-order valence-corrected chi connectivity index (χ2v) is 4.42. The minimum absolute atomic E-state index is 0.455. The molecule has 0 bridgehead atoms. The van der Waals surface area contributed by atoms with E-state index in [1.165, 1.54) is 13.8 Å². The Morgan fingerprint density at radius 3 is 2.42 bits per heavy atom. The summed E-state index contributed by atoms with van der Waals surface area (Å²) in [6, 6.07) is 5.16. The molecule has 0 unspecified atom stereocenters. The third-order valence-corrected chi connectivity index (χ3v) is 2.38. The van der Waals surface area contributed by atoms with Gasteiger partial charge in [-0.2, -0.15) is 0 Å². The molecule has 0 heterocycles. The van der Waals surface area contributed by atoms with E-state index in [-0.39, 0.29) is 0 Å². The number of halogens is 3. The van der Waals surface area contributed by atoms with E-state index in [1.54, 1.807) is 18.2 Å². The van der Waals surface area contributed by atoms with Crippen molar-refractivity contribution in [2.75, 3.05) is 0 Å². The van der Waals surface area contributed by atoms with Gasteiger partial charge >= 0.3 is 0 Å². The van der Waals surface area contributed by atoms with Crippen molar-refractivity contribution in [3.05, 3.63) is 33.3 Å². The van der Waals surface area contributed by atoms with Crippen LogP contribution in [0.5, 0.6) is 0 Å². The fourth-order valence-corrected chi connectivity index (χ4v) is 1.87. The second kappa shape index (κ2) is 3.35. The van der Waals surface area contributed by atoms with Crippen LogP contribution in [0.3, 0.4) is 0 Å². The molecule has 66 valence electrons. The molecule has 0 radical (unpaired) electrons. The van der Waals surface area contributed by atoms with E-state index in [0.29, 0.717) is 10.6 Å². The SMILES string of the molecule is CC(C)(F)c1ccc(Br)cc1Cl. The van der Waals surface area contributed by atoms with Gasteiger partial charge in [-0.3, -0.25) is 0 Å². The van der Waals surface area contributed by atoms with Crippen molar-refractivity contribution >= 4 is 27.5 Å². The quantitative estimate of drug-likeness (QED) is 0.698. The molecule has 0 fully saturated rings. The lowest BCUT2D eigenvalue weighted by molar-refractivity contribution is 0.221. The zero-order valence-electron chi connectivity index (χ0n) is 6.87. The largest absolute Gasteiger partial charge is 0.239 e. The van der Waals surface area contributed by atoms with E-state index in [1.807, 2.05) is 0 Å². The molecule has 3 heteroatoms. The first kappa shape index (κ1) is 10.0. The highest BCUT2D eigenvalue weighted by molar-refractivity contribution is 9.10. The lowest BCUT2D eigenvalue weighted by Gasteiger charge is -2.16. The van der Waals surface area contributed by atoms with Crippen LogP contribution in [0, 0.1) is 0 Å². The molecule has 0 saturated carbocycles. The van der Waals surface area contributed by atoms with Gasteiger partial charge < -0.3 is 0 Å². The lowest BCUT2D eigenvalue weighted by atomic mass is 10.0. The fourth-order valence-electron chi connectivity index (χ4n) is 0.972. The molecule has 0 aromatic heterocycles. The van der Waals surface area contributed by atoms with Crippen molar-refractivity contribution in [1.29, 1.82) is 0 Å². The third kappa shape index (κ3) is 2.20. The zero-order chi connectivity index (χ0) is 9.35. The van der Waals surface area contributed by atoms with Gasteiger partial charge in [0.1, 0.15) is 5.67 Å². The van der Waals surface area contributed by atoms with Crippen LogP contribution in [0.25, 0.3) is 0 Å². The Morgan fingerprint density at radius 1 is 1.42 bits per heavy atom. The fraction of sp³-hybridized carbons (Fsp3) is 0.333. The van der Waals surface area contributed by atoms with E-state index < -0.39 is 5.67 Å². The summed E-state index contributed by atoms with van der Waals surface area (Å²) in [4.78, 5) is 0. The molecule has 0 N–H and O–H groups in total. The van der Waals surface area contributed by atoms with Gasteiger partial charge in [0.2, 0.25) is 0 Å². The molecule has 1 aromatic rings. The topological polar surface area (TPSA) is 0 Å². The molecule has 12 heavy (non-hydrogen) atoms. The zero-order valence-corrected chi connectivity index (χ0v) is 9.21. The van der Waals surface area contributed by atoms with E-state index in [9.17, 15) is 4.39 Å². The highest BCUT2D eigenvalue weighted by Crippen LogP contribution is 2.32. The summed E-state index contributed by atoms with van der Waals surface area (Å²) in [6.45, 7) is 2.98. The lowest BCUT2D eigenvalue weighted by Crippen LogP contribution is -2.09. The van der Waals surface area contributed by atoms with Crippen LogP contribution in [-0.2, 0) is 5.67 Å². The molecule has 0 saturated heterocycles. The Labute approximate surface area is 84.9 Å². The van der Waals surface area contributed by atoms with E-state index in [2.05, 4.69) is 15.9 Å². The van der Waals surface area contributed by atoms with Crippen molar-refractivity contribution in [2.45, 2.75) is 19.5 Å². The molecule has 1 aromatic carbocycles. The number of alkyl halides is 1. The van der Waals surface area contributed by atoms with Gasteiger partial charge in [-0.25, -0.2) is 4.39 Å². The first-order valence-corrected chi connectivity index (χ1v) is 4.73. The first-order chi connectivity index (χ1) is 5.41. The molecule has 0 atom stereocenters. The maximum Gasteiger partial charge on any atom is 0.131 e. The van der Waals surface area contributed by atoms with Crippen LogP contribution < -0.4 is 0 Å². The summed E-state index contributed by atoms with van der Waals surface area (Å²) in [7, 11) is 0. The van der Waals surface area contributed by atoms with Crippen molar-refractivity contribution in [3.63, 3.8) is 0 Å². The summed E-state index contributed by atoms with van der Waals surface area (Å²) in [5.41, 5.74) is -0.856. The normalized spacial score (nSPS) is 11.8. The van der Waals surface area contributed by atoms with Crippen LogP contribution >= 0.6 is 27.5 Å². The number of benzene rings is 1. The van der Waals surface area contributed by atoms with Gasteiger partial charge in [-0.1, -0.05) is 33.6 Å². The average molecular weight is 252 g/mol. The van der Waals surface area contributed by atoms with Gasteiger partial charge in [0, 0.05) is 15.1 Å². The van der Waals surface area contributed by atoms with Crippen molar-refractivity contribution in [2.24, 2.45) is 0 Å². The van der Waals surface area contributed by atoms with Gasteiger partial charge in [0.15, 0.2) is 0 Å². The summed E-state index contributed by atoms with van der Waals surface area (Å²) in [5.74, 6) is 0. The number of hydrogen-bond donors (Lipinski definition) is 0. The Balaban J connectivity index is 3.19. The molecule has 0 aliphatic carbocycles. The smallest absolute Gasteiger partial charge is 0.131 e. The highest BCUT2D eigenvalue weighted by Gasteiger charge is 2.21. The molecule has 0 aliphatic rings. The Bertz CT molecular complexity index is 291. The van der Waals surface area contributed by atoms with Crippen molar-refractivity contribution in [1.82, 2.24) is 0 Å². The Kier molecular flexibility index (Phi) is 2.79. The van der Waals surface area contributed by atoms with Crippen molar-refractivity contribution < 1.29 is 4.39 Å². The Hall–Kier alpha value is -0.0800. The van der Waals surface area contributed by atoms with Crippen molar-refractivity contribution in [3.8, 4) is 0 Å². The van der Waals surface area contributed by atoms with Crippen LogP contribution in [0.15, 0.2) is 22.7 Å². The third-order valence-electron chi connectivity index (χ3n) is 1.57. The molecule has 0 nitrogen and oxygen atoms in total. The van der Waals surface area contributed by atoms with E-state index in [4.69, 9.17) is 11.6 Å². The predicted molar refractivity (Wildman–Crippen MR) is 53.3 cm³/mol. The van der Waals surface area contributed by atoms with Crippen LogP contribution in [0.2, 0.25) is 5.02 Å². The monoisotopic (exact) mass is 250 g/mol. The molecule has 0 aliphatic heterocycles. The standard InChI is InChI=1S/C9H9BrClF/c1-9(2,12)7-4-3-6(10)5-8(7)11/h3-5H,1-2H3. The van der Waals surface area contributed by atoms with E-state index >= 15 is 0 Å². The van der Waals surface area contributed by atoms with Crippen LogP contribution in [0.1, 0.15) is 19.4 Å². The Morgan fingerprint density at radius 2 is 2.00 bits per heavy atom. The summed E-state index contributed by atoms with van der Waals surface area (Å²) in [6.07, 6.45) is 0. The maximum absolute atomic E-state index is 13.4. The maximum atomic E-state index is 13.4. The van der Waals surface area contributed by atoms with Gasteiger partial charge in [-0.05, 0) is 26.0 Å². The molecule has 0 spiro atoms. The second-order valence-electron chi connectivity index (χ2n) is 3.10. The van der Waals surface area contributed by atoms with Gasteiger partial charge in [0.05, 0.1) is 0 Å². The minimum Gasteiger partial charge on any atom is -0.239 e. The predicted octanol–water partition coefficient (Wildman–Crippen LogP) is 4.31. The minimum atomic E-state index is -1.38.